The number of benzene rings is 4. The van der Waals surface area contributed by atoms with Crippen LogP contribution in [0.2, 0.25) is 0 Å². The van der Waals surface area contributed by atoms with Crippen LogP contribution in [0, 0.1) is 0 Å². The summed E-state index contributed by atoms with van der Waals surface area (Å²) in [6.07, 6.45) is 1.14. The van der Waals surface area contributed by atoms with Crippen molar-refractivity contribution in [1.82, 2.24) is 10.6 Å². The van der Waals surface area contributed by atoms with Crippen molar-refractivity contribution < 1.29 is 9.59 Å². The molecule has 4 heteroatoms. The Balaban J connectivity index is 1.24. The van der Waals surface area contributed by atoms with Crippen LogP contribution in [-0.2, 0) is 24.2 Å². The Morgan fingerprint density at radius 2 is 1.31 bits per heavy atom. The quantitative estimate of drug-likeness (QED) is 0.433. The van der Waals surface area contributed by atoms with E-state index in [4.69, 9.17) is 0 Å². The van der Waals surface area contributed by atoms with Gasteiger partial charge in [0.1, 0.15) is 0 Å². The number of amides is 2. The maximum absolute atomic E-state index is 12.4. The summed E-state index contributed by atoms with van der Waals surface area (Å²) in [6.45, 7) is 1.03. The lowest BCUT2D eigenvalue weighted by Crippen LogP contribution is -2.26. The molecule has 0 aliphatic rings. The third kappa shape index (κ3) is 5.82. The second kappa shape index (κ2) is 10.4. The maximum atomic E-state index is 12.4. The molecule has 4 aromatic carbocycles. The number of nitrogens with one attached hydrogen (secondary N) is 2. The Kier molecular flexibility index (Phi) is 6.93. The largest absolute Gasteiger partial charge is 0.352 e. The molecule has 0 aliphatic heterocycles. The van der Waals surface area contributed by atoms with Crippen LogP contribution >= 0.6 is 0 Å². The summed E-state index contributed by atoms with van der Waals surface area (Å²) in [5.74, 6) is -0.115. The average Bonchev–Trinajstić information content (AvgIpc) is 2.83. The summed E-state index contributed by atoms with van der Waals surface area (Å²) in [4.78, 5) is 24.7. The molecule has 0 saturated carbocycles. The van der Waals surface area contributed by atoms with Crippen molar-refractivity contribution in [3.8, 4) is 0 Å². The molecule has 2 N–H and O–H groups in total. The lowest BCUT2D eigenvalue weighted by molar-refractivity contribution is -0.120. The molecule has 4 aromatic rings. The molecule has 0 fully saturated rings. The van der Waals surface area contributed by atoms with Gasteiger partial charge in [-0.05, 0) is 46.0 Å². The minimum atomic E-state index is -0.0900. The number of carbonyl (C=O) groups is 2. The van der Waals surface area contributed by atoms with E-state index in [0.717, 1.165) is 22.9 Å². The van der Waals surface area contributed by atoms with Crippen molar-refractivity contribution in [1.29, 1.82) is 0 Å². The molecule has 0 atom stereocenters. The molecule has 0 aromatic heterocycles. The normalized spacial score (nSPS) is 10.6. The van der Waals surface area contributed by atoms with Crippen LogP contribution in [-0.4, -0.2) is 18.4 Å². The van der Waals surface area contributed by atoms with E-state index in [9.17, 15) is 9.59 Å². The van der Waals surface area contributed by atoms with Crippen LogP contribution in [0.1, 0.15) is 27.0 Å². The molecular weight excluding hydrogens is 396 g/mol. The van der Waals surface area contributed by atoms with E-state index in [-0.39, 0.29) is 11.8 Å². The van der Waals surface area contributed by atoms with Gasteiger partial charge in [-0.15, -0.1) is 0 Å². The van der Waals surface area contributed by atoms with Crippen LogP contribution in [0.15, 0.2) is 97.1 Å². The van der Waals surface area contributed by atoms with Gasteiger partial charge in [0.05, 0.1) is 6.42 Å². The zero-order valence-electron chi connectivity index (χ0n) is 17.9. The van der Waals surface area contributed by atoms with Gasteiger partial charge in [0.2, 0.25) is 5.91 Å². The molecular formula is C28H26N2O2. The van der Waals surface area contributed by atoms with Gasteiger partial charge in [0.25, 0.3) is 5.91 Å². The highest BCUT2D eigenvalue weighted by molar-refractivity contribution is 5.94. The standard InChI is InChI=1S/C28H26N2O2/c31-27(19-23-12-13-24-8-4-5-9-26(24)18-23)30-20-22-10-14-25(15-11-22)28(32)29-17-16-21-6-2-1-3-7-21/h1-15,18H,16-17,19-20H2,(H,29,32)(H,30,31). The van der Waals surface area contributed by atoms with Gasteiger partial charge in [-0.2, -0.15) is 0 Å². The highest BCUT2D eigenvalue weighted by atomic mass is 16.2. The third-order valence-electron chi connectivity index (χ3n) is 5.43. The summed E-state index contributed by atoms with van der Waals surface area (Å²) < 4.78 is 0. The van der Waals surface area contributed by atoms with Gasteiger partial charge in [0.15, 0.2) is 0 Å². The van der Waals surface area contributed by atoms with Crippen LogP contribution in [0.3, 0.4) is 0 Å². The maximum Gasteiger partial charge on any atom is 0.251 e. The van der Waals surface area contributed by atoms with E-state index in [1.807, 2.05) is 54.6 Å². The number of hydrogen-bond donors (Lipinski definition) is 2. The number of carbonyl (C=O) groups excluding carboxylic acids is 2. The predicted molar refractivity (Wildman–Crippen MR) is 128 cm³/mol. The predicted octanol–water partition coefficient (Wildman–Crippen LogP) is 4.67. The van der Waals surface area contributed by atoms with Gasteiger partial charge in [-0.1, -0.05) is 84.9 Å². The lowest BCUT2D eigenvalue weighted by atomic mass is 10.0. The fourth-order valence-corrected chi connectivity index (χ4v) is 3.64. The van der Waals surface area contributed by atoms with Gasteiger partial charge in [0, 0.05) is 18.7 Å². The van der Waals surface area contributed by atoms with Crippen molar-refractivity contribution >= 4 is 22.6 Å². The molecule has 0 bridgehead atoms. The summed E-state index contributed by atoms with van der Waals surface area (Å²) in [5.41, 5.74) is 3.76. The summed E-state index contributed by atoms with van der Waals surface area (Å²) in [6, 6.07) is 31.6. The molecule has 0 unspecified atom stereocenters. The highest BCUT2D eigenvalue weighted by Gasteiger charge is 2.07. The van der Waals surface area contributed by atoms with E-state index in [0.29, 0.717) is 25.1 Å². The van der Waals surface area contributed by atoms with E-state index in [1.165, 1.54) is 10.9 Å². The number of hydrogen-bond acceptors (Lipinski definition) is 2. The highest BCUT2D eigenvalue weighted by Crippen LogP contribution is 2.16. The zero-order chi connectivity index (χ0) is 22.2. The van der Waals surface area contributed by atoms with Gasteiger partial charge < -0.3 is 10.6 Å². The lowest BCUT2D eigenvalue weighted by Gasteiger charge is -2.08. The summed E-state index contributed by atoms with van der Waals surface area (Å²) in [7, 11) is 0. The van der Waals surface area contributed by atoms with Crippen molar-refractivity contribution in [3.05, 3.63) is 119 Å². The topological polar surface area (TPSA) is 58.2 Å². The molecule has 0 spiro atoms. The van der Waals surface area contributed by atoms with Crippen molar-refractivity contribution in [2.45, 2.75) is 19.4 Å². The van der Waals surface area contributed by atoms with Gasteiger partial charge >= 0.3 is 0 Å². The van der Waals surface area contributed by atoms with Crippen molar-refractivity contribution in [3.63, 3.8) is 0 Å². The number of fused-ring (bicyclic) bond motifs is 1. The van der Waals surface area contributed by atoms with E-state index in [1.54, 1.807) is 12.1 Å². The zero-order valence-corrected chi connectivity index (χ0v) is 17.9. The SMILES string of the molecule is O=C(Cc1ccc2ccccc2c1)NCc1ccc(C(=O)NCCc2ccccc2)cc1. The van der Waals surface area contributed by atoms with Crippen LogP contribution < -0.4 is 10.6 Å². The van der Waals surface area contributed by atoms with E-state index >= 15 is 0 Å². The smallest absolute Gasteiger partial charge is 0.251 e. The summed E-state index contributed by atoms with van der Waals surface area (Å²) >= 11 is 0. The molecule has 160 valence electrons. The van der Waals surface area contributed by atoms with E-state index < -0.39 is 0 Å². The Labute approximate surface area is 188 Å². The average molecular weight is 423 g/mol. The third-order valence-corrected chi connectivity index (χ3v) is 5.43. The Bertz CT molecular complexity index is 1200. The molecule has 0 saturated heterocycles. The minimum Gasteiger partial charge on any atom is -0.352 e. The van der Waals surface area contributed by atoms with Crippen LogP contribution in [0.25, 0.3) is 10.8 Å². The first kappa shape index (κ1) is 21.3. The minimum absolute atomic E-state index is 0.0250. The van der Waals surface area contributed by atoms with Crippen molar-refractivity contribution in [2.75, 3.05) is 6.54 Å². The number of rotatable bonds is 8. The molecule has 0 heterocycles. The second-order valence-electron chi connectivity index (χ2n) is 7.82. The molecule has 4 nitrogen and oxygen atoms in total. The first-order valence-electron chi connectivity index (χ1n) is 10.8. The van der Waals surface area contributed by atoms with Crippen LogP contribution in [0.5, 0.6) is 0 Å². The Hall–Kier alpha value is -3.92. The first-order valence-corrected chi connectivity index (χ1v) is 10.8. The second-order valence-corrected chi connectivity index (χ2v) is 7.82. The molecule has 0 radical (unpaired) electrons. The Morgan fingerprint density at radius 3 is 2.09 bits per heavy atom. The molecule has 32 heavy (non-hydrogen) atoms. The molecule has 4 rings (SSSR count). The molecule has 2 amide bonds. The van der Waals surface area contributed by atoms with Crippen LogP contribution in [0.4, 0.5) is 0 Å². The van der Waals surface area contributed by atoms with Gasteiger partial charge in [-0.25, -0.2) is 0 Å². The monoisotopic (exact) mass is 422 g/mol. The fraction of sp³-hybridized carbons (Fsp3) is 0.143. The molecule has 0 aliphatic carbocycles. The Morgan fingerprint density at radius 1 is 0.625 bits per heavy atom. The van der Waals surface area contributed by atoms with Gasteiger partial charge in [-0.3, -0.25) is 9.59 Å². The van der Waals surface area contributed by atoms with Crippen molar-refractivity contribution in [2.24, 2.45) is 0 Å². The van der Waals surface area contributed by atoms with E-state index in [2.05, 4.69) is 41.0 Å². The first-order chi connectivity index (χ1) is 15.7. The summed E-state index contributed by atoms with van der Waals surface area (Å²) in [5, 5.41) is 8.21. The fourth-order valence-electron chi connectivity index (χ4n) is 3.64.